The first kappa shape index (κ1) is 16.6. The summed E-state index contributed by atoms with van der Waals surface area (Å²) in [6.45, 7) is 8.57. The van der Waals surface area contributed by atoms with Gasteiger partial charge in [0, 0.05) is 18.2 Å². The molecule has 0 saturated carbocycles. The number of carbonyl (C=O) groups excluding carboxylic acids is 1. The maximum absolute atomic E-state index is 13.6. The lowest BCUT2D eigenvalue weighted by Crippen LogP contribution is -2.43. The van der Waals surface area contributed by atoms with Gasteiger partial charge in [-0.3, -0.25) is 10.1 Å². The minimum absolute atomic E-state index is 0.0474. The molecule has 0 saturated heterocycles. The summed E-state index contributed by atoms with van der Waals surface area (Å²) in [4.78, 5) is 11.9. The molecule has 0 aromatic heterocycles. The van der Waals surface area contributed by atoms with Crippen LogP contribution in [0.4, 0.5) is 4.39 Å². The predicted octanol–water partition coefficient (Wildman–Crippen LogP) is 3.03. The van der Waals surface area contributed by atoms with Crippen LogP contribution >= 0.6 is 0 Å². The largest absolute Gasteiger partial charge is 0.355 e. The molecule has 0 spiro atoms. The Balaban J connectivity index is 2.47. The summed E-state index contributed by atoms with van der Waals surface area (Å²) < 4.78 is 13.6. The lowest BCUT2D eigenvalue weighted by molar-refractivity contribution is -0.122. The second-order valence-electron chi connectivity index (χ2n) is 5.61. The van der Waals surface area contributed by atoms with Crippen LogP contribution in [0.3, 0.4) is 0 Å². The standard InChI is InChI=1S/C16H25FN2O/c1-11(2)9-10-18-16(20)13(4)19-12(3)14-7-5-6-8-15(14)17/h5-8,11-13,19H,9-10H2,1-4H3,(H,18,20)/t12-,13?/m1/s1. The maximum Gasteiger partial charge on any atom is 0.236 e. The summed E-state index contributed by atoms with van der Waals surface area (Å²) >= 11 is 0. The number of halogens is 1. The van der Waals surface area contributed by atoms with E-state index in [0.717, 1.165) is 6.42 Å². The van der Waals surface area contributed by atoms with Gasteiger partial charge in [0.05, 0.1) is 6.04 Å². The van der Waals surface area contributed by atoms with Gasteiger partial charge in [0.15, 0.2) is 0 Å². The second-order valence-corrected chi connectivity index (χ2v) is 5.61. The highest BCUT2D eigenvalue weighted by molar-refractivity contribution is 5.81. The Morgan fingerprint density at radius 1 is 1.20 bits per heavy atom. The van der Waals surface area contributed by atoms with Crippen LogP contribution in [-0.4, -0.2) is 18.5 Å². The van der Waals surface area contributed by atoms with Crippen LogP contribution in [0.25, 0.3) is 0 Å². The number of amides is 1. The SMILES string of the molecule is CC(C)CCNC(=O)C(C)N[C@H](C)c1ccccc1F. The highest BCUT2D eigenvalue weighted by atomic mass is 19.1. The molecule has 112 valence electrons. The van der Waals surface area contributed by atoms with Gasteiger partial charge in [-0.15, -0.1) is 0 Å². The molecule has 1 unspecified atom stereocenters. The van der Waals surface area contributed by atoms with Gasteiger partial charge in [0.2, 0.25) is 5.91 Å². The average Bonchev–Trinajstić information content (AvgIpc) is 2.38. The molecule has 1 amide bonds. The highest BCUT2D eigenvalue weighted by Gasteiger charge is 2.17. The first-order valence-electron chi connectivity index (χ1n) is 7.20. The van der Waals surface area contributed by atoms with Gasteiger partial charge in [0.1, 0.15) is 5.82 Å². The van der Waals surface area contributed by atoms with Crippen molar-refractivity contribution in [3.63, 3.8) is 0 Å². The lowest BCUT2D eigenvalue weighted by Gasteiger charge is -2.20. The molecule has 1 aromatic rings. The van der Waals surface area contributed by atoms with Gasteiger partial charge < -0.3 is 5.32 Å². The van der Waals surface area contributed by atoms with Crippen LogP contribution in [0.1, 0.15) is 45.7 Å². The molecule has 0 bridgehead atoms. The summed E-state index contributed by atoms with van der Waals surface area (Å²) in [5.74, 6) is 0.268. The summed E-state index contributed by atoms with van der Waals surface area (Å²) in [7, 11) is 0. The molecule has 2 N–H and O–H groups in total. The zero-order chi connectivity index (χ0) is 15.1. The van der Waals surface area contributed by atoms with E-state index < -0.39 is 0 Å². The van der Waals surface area contributed by atoms with Gasteiger partial charge in [-0.25, -0.2) is 4.39 Å². The van der Waals surface area contributed by atoms with Crippen molar-refractivity contribution >= 4 is 5.91 Å². The van der Waals surface area contributed by atoms with Crippen LogP contribution in [0.5, 0.6) is 0 Å². The van der Waals surface area contributed by atoms with E-state index in [0.29, 0.717) is 18.0 Å². The molecular formula is C16H25FN2O. The molecule has 0 fully saturated rings. The second kappa shape index (κ2) is 8.00. The quantitative estimate of drug-likeness (QED) is 0.806. The van der Waals surface area contributed by atoms with E-state index in [1.807, 2.05) is 6.92 Å². The van der Waals surface area contributed by atoms with Crippen molar-refractivity contribution in [3.05, 3.63) is 35.6 Å². The number of benzene rings is 1. The molecule has 2 atom stereocenters. The van der Waals surface area contributed by atoms with Gasteiger partial charge in [-0.2, -0.15) is 0 Å². The van der Waals surface area contributed by atoms with Crippen molar-refractivity contribution < 1.29 is 9.18 Å². The maximum atomic E-state index is 13.6. The molecule has 0 aliphatic carbocycles. The van der Waals surface area contributed by atoms with Crippen molar-refractivity contribution in [2.75, 3.05) is 6.54 Å². The van der Waals surface area contributed by atoms with Crippen LogP contribution < -0.4 is 10.6 Å². The van der Waals surface area contributed by atoms with E-state index in [9.17, 15) is 9.18 Å². The summed E-state index contributed by atoms with van der Waals surface area (Å²) in [6.07, 6.45) is 0.960. The molecule has 20 heavy (non-hydrogen) atoms. The number of hydrogen-bond acceptors (Lipinski definition) is 2. The Morgan fingerprint density at radius 2 is 1.85 bits per heavy atom. The molecular weight excluding hydrogens is 255 g/mol. The van der Waals surface area contributed by atoms with Crippen LogP contribution in [0, 0.1) is 11.7 Å². The molecule has 1 aromatic carbocycles. The highest BCUT2D eigenvalue weighted by Crippen LogP contribution is 2.16. The Morgan fingerprint density at radius 3 is 2.45 bits per heavy atom. The minimum atomic E-state index is -0.350. The van der Waals surface area contributed by atoms with E-state index in [4.69, 9.17) is 0 Å². The average molecular weight is 280 g/mol. The third kappa shape index (κ3) is 5.29. The third-order valence-corrected chi connectivity index (χ3v) is 3.29. The Kier molecular flexibility index (Phi) is 6.65. The fourth-order valence-corrected chi connectivity index (χ4v) is 2.00. The Labute approximate surface area is 121 Å². The Bertz CT molecular complexity index is 434. The lowest BCUT2D eigenvalue weighted by atomic mass is 10.1. The topological polar surface area (TPSA) is 41.1 Å². The Hall–Kier alpha value is -1.42. The van der Waals surface area contributed by atoms with Crippen molar-refractivity contribution in [1.29, 1.82) is 0 Å². The summed E-state index contributed by atoms with van der Waals surface area (Å²) in [5.41, 5.74) is 0.578. The summed E-state index contributed by atoms with van der Waals surface area (Å²) in [5, 5.41) is 6.01. The van der Waals surface area contributed by atoms with Gasteiger partial charge in [-0.1, -0.05) is 32.0 Å². The monoisotopic (exact) mass is 280 g/mol. The van der Waals surface area contributed by atoms with E-state index in [2.05, 4.69) is 24.5 Å². The molecule has 3 nitrogen and oxygen atoms in total. The first-order chi connectivity index (χ1) is 9.41. The fraction of sp³-hybridized carbons (Fsp3) is 0.562. The van der Waals surface area contributed by atoms with Crippen molar-refractivity contribution in [1.82, 2.24) is 10.6 Å². The minimum Gasteiger partial charge on any atom is -0.355 e. The predicted molar refractivity (Wildman–Crippen MR) is 79.9 cm³/mol. The molecule has 0 radical (unpaired) electrons. The van der Waals surface area contributed by atoms with E-state index in [1.54, 1.807) is 25.1 Å². The third-order valence-electron chi connectivity index (χ3n) is 3.29. The van der Waals surface area contributed by atoms with E-state index in [-0.39, 0.29) is 23.8 Å². The van der Waals surface area contributed by atoms with Crippen molar-refractivity contribution in [2.45, 2.75) is 46.2 Å². The zero-order valence-corrected chi connectivity index (χ0v) is 12.7. The number of rotatable bonds is 7. The molecule has 0 heterocycles. The molecule has 1 rings (SSSR count). The van der Waals surface area contributed by atoms with E-state index in [1.165, 1.54) is 6.07 Å². The van der Waals surface area contributed by atoms with Gasteiger partial charge in [-0.05, 0) is 32.3 Å². The van der Waals surface area contributed by atoms with E-state index >= 15 is 0 Å². The number of hydrogen-bond donors (Lipinski definition) is 2. The van der Waals surface area contributed by atoms with Gasteiger partial charge >= 0.3 is 0 Å². The molecule has 0 aliphatic rings. The van der Waals surface area contributed by atoms with Crippen molar-refractivity contribution in [2.24, 2.45) is 5.92 Å². The molecule has 4 heteroatoms. The van der Waals surface area contributed by atoms with Crippen LogP contribution in [-0.2, 0) is 4.79 Å². The normalized spacial score (nSPS) is 14.1. The van der Waals surface area contributed by atoms with Crippen molar-refractivity contribution in [3.8, 4) is 0 Å². The van der Waals surface area contributed by atoms with Crippen LogP contribution in [0.15, 0.2) is 24.3 Å². The molecule has 0 aliphatic heterocycles. The smallest absolute Gasteiger partial charge is 0.236 e. The number of nitrogens with one attached hydrogen (secondary N) is 2. The summed E-state index contributed by atoms with van der Waals surface area (Å²) in [6, 6.07) is 6.06. The number of carbonyl (C=O) groups is 1. The zero-order valence-electron chi connectivity index (χ0n) is 12.7. The first-order valence-corrected chi connectivity index (χ1v) is 7.20. The van der Waals surface area contributed by atoms with Gasteiger partial charge in [0.25, 0.3) is 0 Å². The fourth-order valence-electron chi connectivity index (χ4n) is 2.00. The van der Waals surface area contributed by atoms with Crippen LogP contribution in [0.2, 0.25) is 0 Å².